The second kappa shape index (κ2) is 19.2. The van der Waals surface area contributed by atoms with Gasteiger partial charge in [-0.15, -0.1) is 0 Å². The van der Waals surface area contributed by atoms with E-state index >= 15 is 0 Å². The van der Waals surface area contributed by atoms with Crippen LogP contribution in [0.3, 0.4) is 0 Å². The molecule has 0 radical (unpaired) electrons. The molecule has 6 aromatic rings. The molecule has 54 heavy (non-hydrogen) atoms. The van der Waals surface area contributed by atoms with Crippen LogP contribution in [0, 0.1) is 6.92 Å². The molecule has 278 valence electrons. The van der Waals surface area contributed by atoms with Crippen molar-refractivity contribution in [2.24, 2.45) is 0 Å². The molecular formula is C44H48N6O4. The van der Waals surface area contributed by atoms with Crippen LogP contribution in [0.1, 0.15) is 67.8 Å². The van der Waals surface area contributed by atoms with E-state index < -0.39 is 0 Å². The van der Waals surface area contributed by atoms with Crippen molar-refractivity contribution >= 4 is 0 Å². The summed E-state index contributed by atoms with van der Waals surface area (Å²) >= 11 is 0. The van der Waals surface area contributed by atoms with Crippen LogP contribution in [0.4, 0.5) is 0 Å². The Kier molecular flexibility index (Phi) is 13.7. The fourth-order valence-corrected chi connectivity index (χ4v) is 5.58. The van der Waals surface area contributed by atoms with Crippen LogP contribution in [0.15, 0.2) is 109 Å². The minimum absolute atomic E-state index is 0.106. The van der Waals surface area contributed by atoms with Crippen LogP contribution < -0.4 is 0 Å². The summed E-state index contributed by atoms with van der Waals surface area (Å²) in [5.41, 5.74) is 9.77. The Balaban J connectivity index is 0.971. The molecule has 0 amide bonds. The normalized spacial score (nSPS) is 11.6. The maximum Gasteiger partial charge on any atom is 0.0893 e. The number of nitrogens with zero attached hydrogens (tertiary/aromatic N) is 6. The van der Waals surface area contributed by atoms with E-state index in [1.165, 1.54) is 0 Å². The Bertz CT molecular complexity index is 2100. The zero-order valence-electron chi connectivity index (χ0n) is 31.6. The summed E-state index contributed by atoms with van der Waals surface area (Å²) in [7, 11) is 0. The highest BCUT2D eigenvalue weighted by atomic mass is 16.5. The summed E-state index contributed by atoms with van der Waals surface area (Å²) in [4.78, 5) is 28.6. The Morgan fingerprint density at radius 2 is 0.704 bits per heavy atom. The lowest BCUT2D eigenvalue weighted by atomic mass is 10.2. The Hall–Kier alpha value is -5.26. The summed E-state index contributed by atoms with van der Waals surface area (Å²) < 4.78 is 23.7. The molecule has 6 aromatic heterocycles. The van der Waals surface area contributed by atoms with Crippen molar-refractivity contribution in [3.8, 4) is 34.2 Å². The van der Waals surface area contributed by atoms with Crippen LogP contribution >= 0.6 is 0 Å². The molecule has 0 aliphatic rings. The Morgan fingerprint density at radius 1 is 0.389 bits per heavy atom. The molecule has 0 saturated heterocycles. The third kappa shape index (κ3) is 12.1. The molecule has 0 atom stereocenters. The van der Waals surface area contributed by atoms with Gasteiger partial charge < -0.3 is 18.9 Å². The van der Waals surface area contributed by atoms with Gasteiger partial charge in [0.05, 0.1) is 101 Å². The smallest absolute Gasteiger partial charge is 0.0893 e. The van der Waals surface area contributed by atoms with Crippen LogP contribution in [0.5, 0.6) is 0 Å². The van der Waals surface area contributed by atoms with Gasteiger partial charge in [-0.1, -0.05) is 36.4 Å². The van der Waals surface area contributed by atoms with E-state index in [1.807, 2.05) is 116 Å². The first-order chi connectivity index (χ1) is 26.3. The first-order valence-electron chi connectivity index (χ1n) is 18.4. The summed E-state index contributed by atoms with van der Waals surface area (Å²) in [6, 6.07) is 35.4. The van der Waals surface area contributed by atoms with Gasteiger partial charge in [0.25, 0.3) is 0 Å². The zero-order chi connectivity index (χ0) is 37.6. The van der Waals surface area contributed by atoms with Crippen LogP contribution in [0.2, 0.25) is 0 Å². The number of hydrogen-bond donors (Lipinski definition) is 0. The van der Waals surface area contributed by atoms with Gasteiger partial charge in [0.1, 0.15) is 0 Å². The molecule has 0 aliphatic heterocycles. The fraction of sp³-hybridized carbons (Fsp3) is 0.318. The van der Waals surface area contributed by atoms with Crippen molar-refractivity contribution in [2.45, 2.75) is 79.2 Å². The quantitative estimate of drug-likeness (QED) is 0.0796. The van der Waals surface area contributed by atoms with Crippen LogP contribution in [0.25, 0.3) is 34.2 Å². The predicted molar refractivity (Wildman–Crippen MR) is 209 cm³/mol. The lowest BCUT2D eigenvalue weighted by Gasteiger charge is -2.19. The average molecular weight is 725 g/mol. The van der Waals surface area contributed by atoms with Gasteiger partial charge in [0.15, 0.2) is 0 Å². The van der Waals surface area contributed by atoms with Gasteiger partial charge in [0, 0.05) is 18.9 Å². The van der Waals surface area contributed by atoms with Crippen LogP contribution in [-0.4, -0.2) is 48.7 Å². The molecule has 10 heteroatoms. The number of pyridine rings is 6. The largest absolute Gasteiger partial charge is 0.376 e. The molecule has 0 fully saturated rings. The van der Waals surface area contributed by atoms with Gasteiger partial charge in [-0.25, -0.2) is 24.9 Å². The van der Waals surface area contributed by atoms with Gasteiger partial charge >= 0.3 is 0 Å². The van der Waals surface area contributed by atoms with Crippen molar-refractivity contribution in [1.29, 1.82) is 0 Å². The molecule has 0 N–H and O–H groups in total. The van der Waals surface area contributed by atoms with Crippen molar-refractivity contribution in [3.63, 3.8) is 0 Å². The molecular weight excluding hydrogens is 677 g/mol. The van der Waals surface area contributed by atoms with E-state index in [0.717, 1.165) is 87.8 Å². The second-order valence-electron chi connectivity index (χ2n) is 13.9. The highest BCUT2D eigenvalue weighted by Gasteiger charge is 2.10. The van der Waals surface area contributed by atoms with E-state index in [4.69, 9.17) is 43.9 Å². The summed E-state index contributed by atoms with van der Waals surface area (Å²) in [5.74, 6) is 0. The van der Waals surface area contributed by atoms with E-state index in [2.05, 4.69) is 25.8 Å². The van der Waals surface area contributed by atoms with Crippen LogP contribution in [-0.2, 0) is 52.0 Å². The third-order valence-corrected chi connectivity index (χ3v) is 8.18. The molecule has 0 unspecified atom stereocenters. The summed E-state index contributed by atoms with van der Waals surface area (Å²) in [6.45, 7) is 11.4. The van der Waals surface area contributed by atoms with Gasteiger partial charge in [-0.05, 0) is 113 Å². The number of aryl methyl sites for hydroxylation is 1. The average Bonchev–Trinajstić information content (AvgIpc) is 3.18. The maximum absolute atomic E-state index is 6.06. The minimum atomic E-state index is -0.106. The van der Waals surface area contributed by atoms with Crippen molar-refractivity contribution < 1.29 is 18.9 Å². The molecule has 0 aliphatic carbocycles. The topological polar surface area (TPSA) is 114 Å². The molecule has 0 bridgehead atoms. The van der Waals surface area contributed by atoms with Crippen molar-refractivity contribution in [3.05, 3.63) is 143 Å². The molecule has 0 saturated carbocycles. The molecule has 6 rings (SSSR count). The number of hydrogen-bond acceptors (Lipinski definition) is 10. The lowest BCUT2D eigenvalue weighted by molar-refractivity contribution is -0.00768. The first-order valence-corrected chi connectivity index (χ1v) is 18.4. The zero-order valence-corrected chi connectivity index (χ0v) is 31.6. The SMILES string of the molecule is Cc1cccc(-c2cccc(COCc3cccc(-c4cccc(COCc5cccc(-c6cccc(COCCCCOC(C)(C)C)n6)n5)n4)n3)n2)n1. The van der Waals surface area contributed by atoms with Gasteiger partial charge in [-0.3, -0.25) is 4.98 Å². The van der Waals surface area contributed by atoms with E-state index in [9.17, 15) is 0 Å². The molecule has 0 aromatic carbocycles. The van der Waals surface area contributed by atoms with E-state index in [0.29, 0.717) is 39.6 Å². The first kappa shape index (κ1) is 38.5. The highest BCUT2D eigenvalue weighted by molar-refractivity contribution is 5.56. The third-order valence-electron chi connectivity index (χ3n) is 8.18. The fourth-order valence-electron chi connectivity index (χ4n) is 5.58. The maximum atomic E-state index is 6.06. The van der Waals surface area contributed by atoms with Crippen molar-refractivity contribution in [2.75, 3.05) is 13.2 Å². The van der Waals surface area contributed by atoms with Crippen molar-refractivity contribution in [1.82, 2.24) is 29.9 Å². The molecule has 0 spiro atoms. The lowest BCUT2D eigenvalue weighted by Crippen LogP contribution is -2.19. The standard InChI is InChI=1S/C44H48N6O4/c1-32-13-7-19-38(45-32)39-20-9-15-34(47-39)28-52-29-36-17-11-23-42(49-36)43-24-12-18-37(50-43)31-53-30-35-16-10-22-41(48-35)40-21-8-14-33(46-40)27-51-25-5-6-26-54-44(2,3)4/h7-24H,5-6,25-31H2,1-4H3. The number of aromatic nitrogens is 6. The van der Waals surface area contributed by atoms with Gasteiger partial charge in [-0.2, -0.15) is 0 Å². The Morgan fingerprint density at radius 3 is 1.06 bits per heavy atom. The minimum Gasteiger partial charge on any atom is -0.376 e. The molecule has 6 heterocycles. The van der Waals surface area contributed by atoms with Gasteiger partial charge in [0.2, 0.25) is 0 Å². The summed E-state index contributed by atoms with van der Waals surface area (Å²) in [5, 5.41) is 0. The predicted octanol–water partition coefficient (Wildman–Crippen LogP) is 8.91. The Labute approximate surface area is 318 Å². The van der Waals surface area contributed by atoms with E-state index in [-0.39, 0.29) is 5.60 Å². The number of ether oxygens (including phenoxy) is 4. The summed E-state index contributed by atoms with van der Waals surface area (Å²) in [6.07, 6.45) is 1.91. The highest BCUT2D eigenvalue weighted by Crippen LogP contribution is 2.20. The number of unbranched alkanes of at least 4 members (excludes halogenated alkanes) is 1. The van der Waals surface area contributed by atoms with E-state index in [1.54, 1.807) is 0 Å². The monoisotopic (exact) mass is 724 g/mol. The second-order valence-corrected chi connectivity index (χ2v) is 13.9. The number of rotatable bonds is 18. The molecule has 10 nitrogen and oxygen atoms in total.